The number of nitrogens with zero attached hydrogens (tertiary/aromatic N) is 4. The average molecular weight is 669 g/mol. The van der Waals surface area contributed by atoms with Crippen molar-refractivity contribution in [3.63, 3.8) is 0 Å². The zero-order valence-corrected chi connectivity index (χ0v) is 34.0. The molecule has 0 spiro atoms. The van der Waals surface area contributed by atoms with Crippen LogP contribution in [0.3, 0.4) is 0 Å². The Kier molecular flexibility index (Phi) is 45.4. The maximum absolute atomic E-state index is 8.25. The Labute approximate surface area is 312 Å². The average Bonchev–Trinajstić information content (AvgIpc) is 3.64. The molecular formula is C28H72Al2Li2N4O5Si2. The summed E-state index contributed by atoms with van der Waals surface area (Å²) in [5, 5.41) is 8.25. The third-order valence-corrected chi connectivity index (χ3v) is 15.5. The van der Waals surface area contributed by atoms with Gasteiger partial charge in [0.1, 0.15) is 17.2 Å². The van der Waals surface area contributed by atoms with Gasteiger partial charge in [0.2, 0.25) is 0 Å². The first kappa shape index (κ1) is 54.8. The molecule has 0 aromatic heterocycles. The van der Waals surface area contributed by atoms with Crippen LogP contribution < -0.4 is 42.8 Å². The summed E-state index contributed by atoms with van der Waals surface area (Å²) in [6.07, 6.45) is 8.68. The molecule has 3 heterocycles. The van der Waals surface area contributed by atoms with Crippen molar-refractivity contribution >= 4 is 49.7 Å². The molecule has 2 atom stereocenters. The zero-order chi connectivity index (χ0) is 31.0. The Hall–Kier alpha value is 2.33. The fraction of sp³-hybridized carbons (Fsp3) is 1.00. The van der Waals surface area contributed by atoms with Crippen molar-refractivity contribution in [2.45, 2.75) is 83.3 Å². The molecule has 15 heteroatoms. The molecule has 2 unspecified atom stereocenters. The second-order valence-electron chi connectivity index (χ2n) is 12.1. The van der Waals surface area contributed by atoms with Crippen LogP contribution in [-0.2, 0) is 16.1 Å². The molecule has 3 fully saturated rings. The molecule has 0 aliphatic carbocycles. The number of hydrogen-bond donors (Lipinski definition) is 0. The topological polar surface area (TPSA) is 72.9 Å². The van der Waals surface area contributed by atoms with Gasteiger partial charge >= 0.3 is 52.9 Å². The first-order valence-corrected chi connectivity index (χ1v) is 22.4. The number of hydrogen-bond acceptors (Lipinski definition) is 9. The summed E-state index contributed by atoms with van der Waals surface area (Å²) in [6, 6.07) is 3.05. The van der Waals surface area contributed by atoms with Crippen molar-refractivity contribution in [2.75, 3.05) is 103 Å². The Morgan fingerprint density at radius 3 is 1.70 bits per heavy atom. The van der Waals surface area contributed by atoms with Gasteiger partial charge in [0, 0.05) is 27.9 Å². The predicted molar refractivity (Wildman–Crippen MR) is 187 cm³/mol. The Morgan fingerprint density at radius 2 is 1.42 bits per heavy atom. The first-order chi connectivity index (χ1) is 19.0. The van der Waals surface area contributed by atoms with E-state index in [1.165, 1.54) is 83.8 Å². The van der Waals surface area contributed by atoms with Gasteiger partial charge in [-0.1, -0.05) is 19.6 Å². The molecular weight excluding hydrogens is 596 g/mol. The Morgan fingerprint density at radius 1 is 0.907 bits per heavy atom. The van der Waals surface area contributed by atoms with E-state index in [4.69, 9.17) is 21.2 Å². The molecule has 43 heavy (non-hydrogen) atoms. The SMILES string of the molecule is CC1CCCO1.CN(C)CCCN1CCC[SiH]1C.CN(C)CCCN1CCC[Si]1(C)C.C[O-].C[O][Al]([O]C)[O]C.[AlH3].[H-].[Li+].[Li+]. The predicted octanol–water partition coefficient (Wildman–Crippen LogP) is -4.14. The minimum Gasteiger partial charge on any atom is -1.00 e. The molecule has 0 amide bonds. The summed E-state index contributed by atoms with van der Waals surface area (Å²) in [4.78, 5) is 4.56. The molecule has 3 aliphatic heterocycles. The summed E-state index contributed by atoms with van der Waals surface area (Å²) in [6.45, 7) is 18.5. The molecule has 0 aromatic rings. The van der Waals surface area contributed by atoms with Gasteiger partial charge in [-0.25, -0.2) is 0 Å². The minimum atomic E-state index is -1.67. The van der Waals surface area contributed by atoms with E-state index in [0.717, 1.165) is 13.7 Å². The maximum Gasteiger partial charge on any atom is 1.00 e. The molecule has 9 nitrogen and oxygen atoms in total. The van der Waals surface area contributed by atoms with Crippen LogP contribution in [0.5, 0.6) is 0 Å². The molecule has 3 rings (SSSR count). The number of ether oxygens (including phenoxy) is 1. The molecule has 0 saturated carbocycles. The van der Waals surface area contributed by atoms with E-state index in [2.05, 4.69) is 73.7 Å². The Bertz CT molecular complexity index is 565. The van der Waals surface area contributed by atoms with Crippen molar-refractivity contribution in [1.29, 1.82) is 0 Å². The quantitative estimate of drug-likeness (QED) is 0.204. The van der Waals surface area contributed by atoms with Crippen LogP contribution in [0.1, 0.15) is 46.9 Å². The van der Waals surface area contributed by atoms with E-state index in [-0.39, 0.29) is 56.5 Å². The molecule has 0 aromatic carbocycles. The van der Waals surface area contributed by atoms with E-state index in [0.29, 0.717) is 6.10 Å². The molecule has 250 valence electrons. The van der Waals surface area contributed by atoms with Crippen molar-refractivity contribution in [3.05, 3.63) is 0 Å². The second kappa shape index (κ2) is 35.6. The largest absolute Gasteiger partial charge is 1.00 e. The van der Waals surface area contributed by atoms with Gasteiger partial charge in [0.15, 0.2) is 17.4 Å². The van der Waals surface area contributed by atoms with Crippen LogP contribution in [-0.4, -0.2) is 177 Å². The minimum absolute atomic E-state index is 0. The molecule has 0 N–H and O–H groups in total. The van der Waals surface area contributed by atoms with E-state index >= 15 is 0 Å². The third kappa shape index (κ3) is 31.4. The summed E-state index contributed by atoms with van der Waals surface area (Å²) >= 11 is -1.67. The van der Waals surface area contributed by atoms with Crippen molar-refractivity contribution < 1.29 is 60.4 Å². The van der Waals surface area contributed by atoms with E-state index < -0.39 is 32.3 Å². The van der Waals surface area contributed by atoms with Gasteiger partial charge in [-0.05, 0) is 125 Å². The van der Waals surface area contributed by atoms with Crippen molar-refractivity contribution in [1.82, 2.24) is 18.9 Å². The van der Waals surface area contributed by atoms with E-state index in [9.17, 15) is 0 Å². The van der Waals surface area contributed by atoms with Gasteiger partial charge in [-0.3, -0.25) is 0 Å². The smallest absolute Gasteiger partial charge is 1.00 e. The van der Waals surface area contributed by atoms with Crippen LogP contribution >= 0.6 is 0 Å². The second-order valence-corrected chi connectivity index (χ2v) is 21.8. The standard InChI is InChI=1S/C10H24N2Si.C9H22N2Si.C5H10O.4CH3O.2Al.2Li.4H/c1-11(2)7-5-8-12-9-6-10-13(12,3)4;1-10(2)6-4-7-11-8-5-9-12(11)3;1-5-3-2-4-6-5;4*1-2;;;;;;;;/h5-10H2,1-4H3;12H,4-9H2,1-3H3;5H,2-4H2,1H3;4*1H3;;;;;;;;/q;;;4*-1;;+3;2*+1;;;;-1. The van der Waals surface area contributed by atoms with Gasteiger partial charge < -0.3 is 41.6 Å². The van der Waals surface area contributed by atoms with Crippen LogP contribution in [0.4, 0.5) is 0 Å². The molecule has 0 radical (unpaired) electrons. The normalized spacial score (nSPS) is 20.4. The van der Waals surface area contributed by atoms with Gasteiger partial charge in [0.05, 0.1) is 6.10 Å². The van der Waals surface area contributed by atoms with Crippen LogP contribution in [0.2, 0.25) is 31.7 Å². The van der Waals surface area contributed by atoms with Gasteiger partial charge in [0.25, 0.3) is 0 Å². The fourth-order valence-electron chi connectivity index (χ4n) is 5.10. The fourth-order valence-corrected chi connectivity index (χ4v) is 10.9. The van der Waals surface area contributed by atoms with E-state index in [1.54, 1.807) is 27.4 Å². The van der Waals surface area contributed by atoms with Crippen molar-refractivity contribution in [3.8, 4) is 0 Å². The van der Waals surface area contributed by atoms with E-state index in [1.807, 2.05) is 0 Å². The van der Waals surface area contributed by atoms with Crippen LogP contribution in [0, 0.1) is 0 Å². The summed E-state index contributed by atoms with van der Waals surface area (Å²) < 4.78 is 24.9. The third-order valence-electron chi connectivity index (χ3n) is 7.58. The Balaban J connectivity index is -0.000000108. The van der Waals surface area contributed by atoms with Crippen LogP contribution in [0.25, 0.3) is 0 Å². The maximum atomic E-state index is 8.25. The molecule has 3 saturated heterocycles. The van der Waals surface area contributed by atoms with Gasteiger partial charge in [-0.2, -0.15) is 7.11 Å². The summed E-state index contributed by atoms with van der Waals surface area (Å²) in [7, 11) is 12.8. The van der Waals surface area contributed by atoms with Crippen LogP contribution in [0.15, 0.2) is 0 Å². The first-order valence-electron chi connectivity index (χ1n) is 15.4. The number of rotatable bonds is 11. The summed E-state index contributed by atoms with van der Waals surface area (Å²) in [5.41, 5.74) is 0. The molecule has 0 bridgehead atoms. The zero-order valence-electron chi connectivity index (χ0n) is 31.7. The monoisotopic (exact) mass is 668 g/mol. The van der Waals surface area contributed by atoms with Crippen molar-refractivity contribution in [2.24, 2.45) is 0 Å². The van der Waals surface area contributed by atoms with Gasteiger partial charge in [-0.15, -0.1) is 0 Å². The summed E-state index contributed by atoms with van der Waals surface area (Å²) in [5.74, 6) is 0. The molecule has 3 aliphatic rings.